The van der Waals surface area contributed by atoms with Gasteiger partial charge in [0.25, 0.3) is 5.69 Å². The van der Waals surface area contributed by atoms with Gasteiger partial charge < -0.3 is 0 Å². The van der Waals surface area contributed by atoms with Crippen LogP contribution in [0.4, 0.5) is 5.69 Å². The van der Waals surface area contributed by atoms with Crippen LogP contribution in [-0.2, 0) is 0 Å². The van der Waals surface area contributed by atoms with Crippen LogP contribution in [0.3, 0.4) is 0 Å². The Hall–Kier alpha value is -2.46. The first-order chi connectivity index (χ1) is 8.70. The van der Waals surface area contributed by atoms with E-state index in [-0.39, 0.29) is 11.4 Å². The molecule has 0 amide bonds. The van der Waals surface area contributed by atoms with Crippen molar-refractivity contribution in [3.63, 3.8) is 0 Å². The van der Waals surface area contributed by atoms with Crippen LogP contribution in [0.2, 0.25) is 0 Å². The maximum atomic E-state index is 10.8. The van der Waals surface area contributed by atoms with Gasteiger partial charge in [0.1, 0.15) is 11.8 Å². The van der Waals surface area contributed by atoms with Gasteiger partial charge in [-0.25, -0.2) is 9.97 Å². The number of hydrogen-bond donors (Lipinski definition) is 0. The fraction of sp³-hybridized carbons (Fsp3) is 0. The Bertz CT molecular complexity index is 639. The first kappa shape index (κ1) is 12.0. The number of nitriles is 1. The Morgan fingerprint density at radius 2 is 2.11 bits per heavy atom. The second kappa shape index (κ2) is 5.25. The lowest BCUT2D eigenvalue weighted by Gasteiger charge is -2.01. The third kappa shape index (κ3) is 2.61. The number of para-hydroxylation sites is 1. The molecule has 0 aliphatic rings. The summed E-state index contributed by atoms with van der Waals surface area (Å²) >= 11 is 1.06. The van der Waals surface area contributed by atoms with Crippen LogP contribution in [0.5, 0.6) is 0 Å². The molecule has 0 saturated carbocycles. The number of rotatable bonds is 3. The van der Waals surface area contributed by atoms with Gasteiger partial charge in [-0.15, -0.1) is 0 Å². The largest absolute Gasteiger partial charge is 0.283 e. The topological polar surface area (TPSA) is 92.7 Å². The summed E-state index contributed by atoms with van der Waals surface area (Å²) in [6, 6.07) is 9.69. The molecule has 7 heteroatoms. The highest BCUT2D eigenvalue weighted by Gasteiger charge is 2.14. The maximum absolute atomic E-state index is 10.8. The standard InChI is InChI=1S/C11H6N4O2S/c12-7-8-5-6-13-11(14-8)18-10-4-2-1-3-9(10)15(16)17/h1-6H. The lowest BCUT2D eigenvalue weighted by Crippen LogP contribution is -1.92. The van der Waals surface area contributed by atoms with E-state index in [0.717, 1.165) is 11.8 Å². The number of nitro groups is 1. The monoisotopic (exact) mass is 258 g/mol. The van der Waals surface area contributed by atoms with E-state index in [4.69, 9.17) is 5.26 Å². The maximum Gasteiger partial charge on any atom is 0.283 e. The van der Waals surface area contributed by atoms with Crippen LogP contribution in [0.25, 0.3) is 0 Å². The molecule has 0 atom stereocenters. The molecule has 1 aromatic carbocycles. The molecule has 0 radical (unpaired) electrons. The normalized spacial score (nSPS) is 9.72. The molecule has 6 nitrogen and oxygen atoms in total. The average molecular weight is 258 g/mol. The Kier molecular flexibility index (Phi) is 3.50. The molecular formula is C11H6N4O2S. The van der Waals surface area contributed by atoms with Gasteiger partial charge in [-0.3, -0.25) is 10.1 Å². The molecule has 0 spiro atoms. The van der Waals surface area contributed by atoms with Gasteiger partial charge in [0.15, 0.2) is 5.16 Å². The van der Waals surface area contributed by atoms with Crippen molar-refractivity contribution >= 4 is 17.4 Å². The van der Waals surface area contributed by atoms with Crippen molar-refractivity contribution in [1.29, 1.82) is 5.26 Å². The van der Waals surface area contributed by atoms with Gasteiger partial charge in [-0.2, -0.15) is 5.26 Å². The molecule has 2 aromatic rings. The molecule has 0 N–H and O–H groups in total. The molecule has 0 aliphatic heterocycles. The van der Waals surface area contributed by atoms with Crippen LogP contribution < -0.4 is 0 Å². The summed E-state index contributed by atoms with van der Waals surface area (Å²) in [5.41, 5.74) is 0.222. The van der Waals surface area contributed by atoms with Gasteiger partial charge in [0, 0.05) is 12.3 Å². The summed E-state index contributed by atoms with van der Waals surface area (Å²) in [5, 5.41) is 19.9. The van der Waals surface area contributed by atoms with E-state index < -0.39 is 4.92 Å². The van der Waals surface area contributed by atoms with E-state index in [0.29, 0.717) is 10.1 Å². The Morgan fingerprint density at radius 3 is 2.83 bits per heavy atom. The molecule has 18 heavy (non-hydrogen) atoms. The number of nitro benzene ring substituents is 1. The van der Waals surface area contributed by atoms with Gasteiger partial charge in [-0.1, -0.05) is 12.1 Å². The van der Waals surface area contributed by atoms with Crippen LogP contribution in [-0.4, -0.2) is 14.9 Å². The Balaban J connectivity index is 2.34. The third-order valence-electron chi connectivity index (χ3n) is 2.01. The minimum Gasteiger partial charge on any atom is -0.258 e. The predicted molar refractivity (Wildman–Crippen MR) is 64.0 cm³/mol. The molecular weight excluding hydrogens is 252 g/mol. The Morgan fingerprint density at radius 1 is 1.33 bits per heavy atom. The van der Waals surface area contributed by atoms with Crippen LogP contribution in [0.1, 0.15) is 5.69 Å². The zero-order valence-electron chi connectivity index (χ0n) is 8.98. The van der Waals surface area contributed by atoms with Crippen molar-refractivity contribution in [2.45, 2.75) is 10.1 Å². The highest BCUT2D eigenvalue weighted by molar-refractivity contribution is 7.99. The molecule has 0 bridgehead atoms. The summed E-state index contributed by atoms with van der Waals surface area (Å²) in [7, 11) is 0. The highest BCUT2D eigenvalue weighted by atomic mass is 32.2. The minimum absolute atomic E-state index is 0.00605. The van der Waals surface area contributed by atoms with Crippen molar-refractivity contribution in [3.8, 4) is 6.07 Å². The second-order valence-electron chi connectivity index (χ2n) is 3.16. The van der Waals surface area contributed by atoms with E-state index in [9.17, 15) is 10.1 Å². The van der Waals surface area contributed by atoms with Crippen molar-refractivity contribution in [3.05, 3.63) is 52.3 Å². The van der Waals surface area contributed by atoms with Crippen LogP contribution >= 0.6 is 11.8 Å². The van der Waals surface area contributed by atoms with Crippen molar-refractivity contribution in [2.24, 2.45) is 0 Å². The highest BCUT2D eigenvalue weighted by Crippen LogP contribution is 2.32. The van der Waals surface area contributed by atoms with Gasteiger partial charge >= 0.3 is 0 Å². The molecule has 0 fully saturated rings. The van der Waals surface area contributed by atoms with Crippen LogP contribution in [0, 0.1) is 21.4 Å². The molecule has 1 heterocycles. The van der Waals surface area contributed by atoms with Crippen molar-refractivity contribution in [2.75, 3.05) is 0 Å². The van der Waals surface area contributed by atoms with Crippen LogP contribution in [0.15, 0.2) is 46.6 Å². The zero-order valence-corrected chi connectivity index (χ0v) is 9.79. The summed E-state index contributed by atoms with van der Waals surface area (Å²) in [5.74, 6) is 0. The predicted octanol–water partition coefficient (Wildman–Crippen LogP) is 2.41. The summed E-state index contributed by atoms with van der Waals surface area (Å²) in [4.78, 5) is 18.7. The average Bonchev–Trinajstić information content (AvgIpc) is 2.39. The second-order valence-corrected chi connectivity index (χ2v) is 4.17. The molecule has 0 saturated heterocycles. The fourth-order valence-corrected chi connectivity index (χ4v) is 2.09. The lowest BCUT2D eigenvalue weighted by atomic mass is 10.3. The minimum atomic E-state index is -0.462. The molecule has 2 rings (SSSR count). The molecule has 88 valence electrons. The summed E-state index contributed by atoms with van der Waals surface area (Å²) in [6.07, 6.45) is 1.45. The van der Waals surface area contributed by atoms with E-state index in [1.54, 1.807) is 18.2 Å². The van der Waals surface area contributed by atoms with Gasteiger partial charge in [0.05, 0.1) is 9.82 Å². The fourth-order valence-electron chi connectivity index (χ4n) is 1.24. The molecule has 0 aliphatic carbocycles. The van der Waals surface area contributed by atoms with E-state index >= 15 is 0 Å². The van der Waals surface area contributed by atoms with Gasteiger partial charge in [-0.05, 0) is 23.9 Å². The van der Waals surface area contributed by atoms with Crippen molar-refractivity contribution in [1.82, 2.24) is 9.97 Å². The number of aromatic nitrogens is 2. The summed E-state index contributed by atoms with van der Waals surface area (Å²) in [6.45, 7) is 0. The van der Waals surface area contributed by atoms with E-state index in [2.05, 4.69) is 9.97 Å². The zero-order chi connectivity index (χ0) is 13.0. The third-order valence-corrected chi connectivity index (χ3v) is 2.96. The smallest absolute Gasteiger partial charge is 0.258 e. The van der Waals surface area contributed by atoms with Crippen molar-refractivity contribution < 1.29 is 4.92 Å². The number of benzene rings is 1. The SMILES string of the molecule is N#Cc1ccnc(Sc2ccccc2[N+](=O)[O-])n1. The molecule has 0 unspecified atom stereocenters. The number of hydrogen-bond acceptors (Lipinski definition) is 6. The quantitative estimate of drug-likeness (QED) is 0.476. The number of nitrogens with zero attached hydrogens (tertiary/aromatic N) is 4. The Labute approximate surface area is 106 Å². The lowest BCUT2D eigenvalue weighted by molar-refractivity contribution is -0.387. The first-order valence-corrected chi connectivity index (χ1v) is 5.67. The van der Waals surface area contributed by atoms with E-state index in [1.807, 2.05) is 6.07 Å². The molecule has 1 aromatic heterocycles. The van der Waals surface area contributed by atoms with E-state index in [1.165, 1.54) is 18.3 Å². The van der Waals surface area contributed by atoms with Gasteiger partial charge in [0.2, 0.25) is 0 Å². The summed E-state index contributed by atoms with van der Waals surface area (Å²) < 4.78 is 0. The first-order valence-electron chi connectivity index (χ1n) is 4.85.